The average molecular weight is 780 g/mol. The van der Waals surface area contributed by atoms with Gasteiger partial charge in [0.15, 0.2) is 12.6 Å². The van der Waals surface area contributed by atoms with Gasteiger partial charge in [-0.25, -0.2) is 0 Å². The molecule has 4 aliphatic heterocycles. The molecule has 56 heavy (non-hydrogen) atoms. The molecule has 1 aliphatic carbocycles. The van der Waals surface area contributed by atoms with Crippen LogP contribution in [0.3, 0.4) is 0 Å². The Hall–Kier alpha value is -4.09. The van der Waals surface area contributed by atoms with Gasteiger partial charge in [0.05, 0.1) is 40.6 Å². The number of anilines is 2. The lowest BCUT2D eigenvalue weighted by atomic mass is 9.69. The summed E-state index contributed by atoms with van der Waals surface area (Å²) in [6.07, 6.45) is 11.2. The van der Waals surface area contributed by atoms with Crippen molar-refractivity contribution in [2.75, 3.05) is 71.5 Å². The van der Waals surface area contributed by atoms with Crippen molar-refractivity contribution in [1.29, 1.82) is 0 Å². The van der Waals surface area contributed by atoms with Gasteiger partial charge in [0.1, 0.15) is 18.2 Å². The Labute approximate surface area is 335 Å². The number of aldehydes is 2. The number of ether oxygens (including phenoxy) is 2. The highest BCUT2D eigenvalue weighted by atomic mass is 35.5. The second kappa shape index (κ2) is 16.4. The van der Waals surface area contributed by atoms with Gasteiger partial charge in [-0.3, -0.25) is 24.3 Å². The fourth-order valence-electron chi connectivity index (χ4n) is 10.4. The second-order valence-electron chi connectivity index (χ2n) is 16.4. The number of hydrogen-bond acceptors (Lipinski definition) is 8. The standard InChI is InChI=1S/C45H54ClN5O5/c1-47-26-34-33(27-52)10-12-37-42(34)56-30-44(37)17-21-50(22-18-44)41(54)29-55-24-23-49-19-13-31(14-20-49)32-9-11-36-40(25-32)51(39-8-6-7-38(46)35(39)28-53)43(48-2)45(36)15-4-3-5-16-45/h6-12,25,27-28,31,47H,3-5,13-24,26,29-30H2,1-2H3. The summed E-state index contributed by atoms with van der Waals surface area (Å²) in [7, 11) is 3.75. The third-order valence-electron chi connectivity index (χ3n) is 13.5. The lowest BCUT2D eigenvalue weighted by molar-refractivity contribution is -0.138. The van der Waals surface area contributed by atoms with Crippen LogP contribution in [0.5, 0.6) is 5.75 Å². The molecule has 0 unspecified atom stereocenters. The third-order valence-corrected chi connectivity index (χ3v) is 13.8. The number of rotatable bonds is 11. The summed E-state index contributed by atoms with van der Waals surface area (Å²) in [5, 5.41) is 3.62. The van der Waals surface area contributed by atoms with E-state index >= 15 is 0 Å². The number of amides is 1. The monoisotopic (exact) mass is 779 g/mol. The minimum absolute atomic E-state index is 0.0415. The molecule has 0 aromatic heterocycles. The van der Waals surface area contributed by atoms with E-state index in [4.69, 9.17) is 26.1 Å². The van der Waals surface area contributed by atoms with E-state index in [0.29, 0.717) is 54.9 Å². The topological polar surface area (TPSA) is 104 Å². The Kier molecular flexibility index (Phi) is 11.4. The zero-order valence-corrected chi connectivity index (χ0v) is 33.5. The predicted octanol–water partition coefficient (Wildman–Crippen LogP) is 7.22. The second-order valence-corrected chi connectivity index (χ2v) is 16.8. The van der Waals surface area contributed by atoms with E-state index in [0.717, 1.165) is 118 Å². The summed E-state index contributed by atoms with van der Waals surface area (Å²) < 4.78 is 12.2. The van der Waals surface area contributed by atoms with E-state index in [2.05, 4.69) is 33.3 Å². The summed E-state index contributed by atoms with van der Waals surface area (Å²) in [5.74, 6) is 2.33. The number of fused-ring (bicyclic) bond motifs is 4. The van der Waals surface area contributed by atoms with Crippen LogP contribution < -0.4 is 15.0 Å². The van der Waals surface area contributed by atoms with Gasteiger partial charge in [0.2, 0.25) is 5.91 Å². The summed E-state index contributed by atoms with van der Waals surface area (Å²) in [6.45, 7) is 5.86. The van der Waals surface area contributed by atoms with Crippen molar-refractivity contribution >= 4 is 47.3 Å². The van der Waals surface area contributed by atoms with Crippen LogP contribution in [-0.2, 0) is 26.9 Å². The molecular formula is C45H54ClN5O5. The molecule has 1 saturated carbocycles. The zero-order chi connectivity index (χ0) is 38.9. The molecule has 0 radical (unpaired) electrons. The van der Waals surface area contributed by atoms with Crippen LogP contribution in [0.4, 0.5) is 11.4 Å². The van der Waals surface area contributed by atoms with Crippen LogP contribution in [0.15, 0.2) is 53.5 Å². The van der Waals surface area contributed by atoms with Gasteiger partial charge < -0.3 is 24.6 Å². The minimum Gasteiger partial charge on any atom is -0.492 e. The number of aliphatic imine (C=N–C) groups is 1. The highest BCUT2D eigenvalue weighted by Gasteiger charge is 2.50. The van der Waals surface area contributed by atoms with Gasteiger partial charge >= 0.3 is 0 Å². The molecule has 1 N–H and O–H groups in total. The highest BCUT2D eigenvalue weighted by Crippen LogP contribution is 2.54. The molecule has 1 amide bonds. The molecule has 3 aromatic rings. The predicted molar refractivity (Wildman–Crippen MR) is 220 cm³/mol. The number of nitrogens with one attached hydrogen (secondary N) is 1. The Balaban J connectivity index is 0.850. The first-order valence-corrected chi connectivity index (χ1v) is 20.9. The number of carbonyl (C=O) groups is 3. The number of likely N-dealkylation sites (tertiary alicyclic amines) is 2. The Bertz CT molecular complexity index is 1990. The number of nitrogens with zero attached hydrogens (tertiary/aromatic N) is 4. The molecular weight excluding hydrogens is 726 g/mol. The van der Waals surface area contributed by atoms with Crippen molar-refractivity contribution in [1.82, 2.24) is 15.1 Å². The van der Waals surface area contributed by atoms with E-state index in [-0.39, 0.29) is 23.3 Å². The molecule has 2 spiro atoms. The molecule has 0 bridgehead atoms. The van der Waals surface area contributed by atoms with Gasteiger partial charge in [-0.15, -0.1) is 0 Å². The van der Waals surface area contributed by atoms with Gasteiger partial charge in [-0.2, -0.15) is 0 Å². The van der Waals surface area contributed by atoms with Gasteiger partial charge in [-0.05, 0) is 93.9 Å². The maximum Gasteiger partial charge on any atom is 0.248 e. The molecule has 10 nitrogen and oxygen atoms in total. The van der Waals surface area contributed by atoms with Crippen LogP contribution in [0.2, 0.25) is 5.02 Å². The van der Waals surface area contributed by atoms with Crippen molar-refractivity contribution in [2.24, 2.45) is 4.99 Å². The molecule has 4 heterocycles. The third kappa shape index (κ3) is 6.86. The van der Waals surface area contributed by atoms with Crippen LogP contribution in [0.1, 0.15) is 107 Å². The first kappa shape index (κ1) is 38.8. The van der Waals surface area contributed by atoms with Crippen LogP contribution in [0, 0.1) is 0 Å². The molecule has 3 fully saturated rings. The van der Waals surface area contributed by atoms with E-state index in [1.165, 1.54) is 17.5 Å². The normalized spacial score (nSPS) is 21.0. The van der Waals surface area contributed by atoms with Crippen molar-refractivity contribution in [2.45, 2.75) is 81.1 Å². The van der Waals surface area contributed by atoms with Crippen LogP contribution in [0.25, 0.3) is 0 Å². The maximum absolute atomic E-state index is 13.2. The number of hydrogen-bond donors (Lipinski definition) is 1. The van der Waals surface area contributed by atoms with Gasteiger partial charge in [0, 0.05) is 55.3 Å². The van der Waals surface area contributed by atoms with E-state index in [9.17, 15) is 14.4 Å². The lowest BCUT2D eigenvalue weighted by Crippen LogP contribution is -2.47. The number of halogens is 1. The number of piperidine rings is 2. The van der Waals surface area contributed by atoms with Crippen molar-refractivity contribution in [3.63, 3.8) is 0 Å². The fourth-order valence-corrected chi connectivity index (χ4v) is 10.6. The quantitative estimate of drug-likeness (QED) is 0.161. The lowest BCUT2D eigenvalue weighted by Gasteiger charge is -2.38. The van der Waals surface area contributed by atoms with E-state index in [1.807, 2.05) is 43.3 Å². The first-order chi connectivity index (χ1) is 27.4. The molecule has 3 aromatic carbocycles. The molecule has 5 aliphatic rings. The largest absolute Gasteiger partial charge is 0.492 e. The zero-order valence-electron chi connectivity index (χ0n) is 32.8. The number of amidine groups is 1. The van der Waals surface area contributed by atoms with Gasteiger partial charge in [-0.1, -0.05) is 61.2 Å². The maximum atomic E-state index is 13.2. The average Bonchev–Trinajstić information content (AvgIpc) is 3.71. The van der Waals surface area contributed by atoms with Crippen molar-refractivity contribution in [3.05, 3.63) is 86.9 Å². The summed E-state index contributed by atoms with van der Waals surface area (Å²) in [5.41, 5.74) is 7.55. The van der Waals surface area contributed by atoms with E-state index < -0.39 is 0 Å². The fraction of sp³-hybridized carbons (Fsp3) is 0.511. The van der Waals surface area contributed by atoms with E-state index in [1.54, 1.807) is 6.07 Å². The first-order valence-electron chi connectivity index (χ1n) is 20.5. The Morgan fingerprint density at radius 2 is 1.73 bits per heavy atom. The molecule has 11 heteroatoms. The highest BCUT2D eigenvalue weighted by molar-refractivity contribution is 6.34. The molecule has 0 atom stereocenters. The van der Waals surface area contributed by atoms with Gasteiger partial charge in [0.25, 0.3) is 0 Å². The van der Waals surface area contributed by atoms with Crippen LogP contribution in [-0.4, -0.2) is 101 Å². The minimum atomic E-state index is -0.152. The number of benzene rings is 3. The Morgan fingerprint density at radius 1 is 0.964 bits per heavy atom. The smallest absolute Gasteiger partial charge is 0.248 e. The Morgan fingerprint density at radius 3 is 2.45 bits per heavy atom. The number of carbonyl (C=O) groups excluding carboxylic acids is 3. The summed E-state index contributed by atoms with van der Waals surface area (Å²) >= 11 is 6.58. The molecule has 296 valence electrons. The van der Waals surface area contributed by atoms with Crippen molar-refractivity contribution < 1.29 is 23.9 Å². The summed E-state index contributed by atoms with van der Waals surface area (Å²) in [4.78, 5) is 48.7. The summed E-state index contributed by atoms with van der Waals surface area (Å²) in [6, 6.07) is 16.7. The van der Waals surface area contributed by atoms with Crippen LogP contribution >= 0.6 is 11.6 Å². The molecule has 8 rings (SSSR count). The SMILES string of the molecule is CN=C1N(c2cccc(Cl)c2C=O)c2cc(C3CCN(CCOCC(=O)N4CCC5(CC4)COc4c5ccc(C=O)c4CNC)CC3)ccc2C12CCCCC2. The van der Waals surface area contributed by atoms with Crippen molar-refractivity contribution in [3.8, 4) is 5.75 Å². The molecule has 2 saturated heterocycles.